The molecule has 0 aliphatic carbocycles. The average Bonchev–Trinajstić information content (AvgIpc) is 3.26. The molecule has 0 amide bonds. The number of H-pyrrole nitrogens is 1. The first-order chi connectivity index (χ1) is 14.8. The van der Waals surface area contributed by atoms with Crippen LogP contribution >= 0.6 is 0 Å². The molecular formula is C25H30N2O3. The molecule has 0 saturated heterocycles. The van der Waals surface area contributed by atoms with Crippen LogP contribution in [0.1, 0.15) is 18.9 Å². The highest BCUT2D eigenvalue weighted by molar-refractivity contribution is 5.92. The van der Waals surface area contributed by atoms with Gasteiger partial charge in [0, 0.05) is 36.3 Å². The van der Waals surface area contributed by atoms with Crippen LogP contribution in [0.5, 0.6) is 11.5 Å². The third-order valence-electron chi connectivity index (χ3n) is 4.81. The molecular weight excluding hydrogens is 376 g/mol. The van der Waals surface area contributed by atoms with Crippen molar-refractivity contribution in [3.8, 4) is 11.5 Å². The Morgan fingerprint density at radius 2 is 1.87 bits per heavy atom. The van der Waals surface area contributed by atoms with E-state index in [0.29, 0.717) is 13.2 Å². The first-order valence-corrected chi connectivity index (χ1v) is 10.3. The molecule has 1 atom stereocenters. The van der Waals surface area contributed by atoms with Crippen LogP contribution in [-0.4, -0.2) is 42.5 Å². The van der Waals surface area contributed by atoms with Crippen LogP contribution in [0.2, 0.25) is 0 Å². The minimum absolute atomic E-state index is 0.250. The quantitative estimate of drug-likeness (QED) is 0.504. The van der Waals surface area contributed by atoms with Crippen LogP contribution in [0.4, 0.5) is 0 Å². The van der Waals surface area contributed by atoms with Gasteiger partial charge in [0.15, 0.2) is 11.5 Å². The molecule has 158 valence electrons. The van der Waals surface area contributed by atoms with Gasteiger partial charge in [-0.15, -0.1) is 0 Å². The third kappa shape index (κ3) is 5.53. The number of aliphatic hydroxyl groups is 1. The van der Waals surface area contributed by atoms with E-state index in [9.17, 15) is 0 Å². The summed E-state index contributed by atoms with van der Waals surface area (Å²) >= 11 is 0. The van der Waals surface area contributed by atoms with Gasteiger partial charge >= 0.3 is 0 Å². The van der Waals surface area contributed by atoms with Crippen LogP contribution < -0.4 is 14.8 Å². The lowest BCUT2D eigenvalue weighted by Crippen LogP contribution is -2.37. The lowest BCUT2D eigenvalue weighted by molar-refractivity contribution is 0.249. The summed E-state index contributed by atoms with van der Waals surface area (Å²) < 4.78 is 11.8. The number of aromatic nitrogens is 1. The summed E-state index contributed by atoms with van der Waals surface area (Å²) in [5.74, 6) is 1.52. The molecule has 2 heterocycles. The van der Waals surface area contributed by atoms with Crippen LogP contribution in [-0.2, 0) is 0 Å². The number of para-hydroxylation sites is 2. The van der Waals surface area contributed by atoms with Gasteiger partial charge in [-0.1, -0.05) is 43.0 Å². The van der Waals surface area contributed by atoms with Crippen molar-refractivity contribution < 1.29 is 14.6 Å². The number of aliphatic hydroxyl groups excluding tert-OH is 1. The Morgan fingerprint density at radius 1 is 1.10 bits per heavy atom. The van der Waals surface area contributed by atoms with Crippen LogP contribution in [0.25, 0.3) is 16.5 Å². The highest BCUT2D eigenvalue weighted by atomic mass is 16.5. The fourth-order valence-electron chi connectivity index (χ4n) is 3.50. The maximum absolute atomic E-state index is 7.57. The fourth-order valence-corrected chi connectivity index (χ4v) is 3.50. The van der Waals surface area contributed by atoms with Crippen molar-refractivity contribution in [2.75, 3.05) is 26.4 Å². The molecule has 30 heavy (non-hydrogen) atoms. The molecule has 0 spiro atoms. The number of nitrogens with one attached hydrogen (secondary N) is 2. The lowest BCUT2D eigenvalue weighted by Gasteiger charge is -2.25. The number of aromatic amines is 1. The minimum atomic E-state index is 0.250. The Morgan fingerprint density at radius 3 is 2.63 bits per heavy atom. The largest absolute Gasteiger partial charge is 0.488 e. The maximum Gasteiger partial charge on any atom is 0.161 e. The van der Waals surface area contributed by atoms with Crippen molar-refractivity contribution in [1.29, 1.82) is 0 Å². The Kier molecular flexibility index (Phi) is 8.12. The highest BCUT2D eigenvalue weighted by Crippen LogP contribution is 2.30. The Balaban J connectivity index is 0.000000806. The predicted octanol–water partition coefficient (Wildman–Crippen LogP) is 4.56. The number of fused-ring (bicyclic) bond motifs is 1. The van der Waals surface area contributed by atoms with Crippen molar-refractivity contribution in [3.05, 3.63) is 79.0 Å². The second-order valence-electron chi connectivity index (χ2n) is 6.96. The summed E-state index contributed by atoms with van der Waals surface area (Å²) in [6.45, 7) is 7.53. The van der Waals surface area contributed by atoms with Crippen molar-refractivity contribution in [1.82, 2.24) is 10.3 Å². The molecule has 1 aliphatic rings. The number of ether oxygens (including phenoxy) is 2. The monoisotopic (exact) mass is 406 g/mol. The van der Waals surface area contributed by atoms with Gasteiger partial charge in [-0.25, -0.2) is 0 Å². The first-order valence-electron chi connectivity index (χ1n) is 10.3. The van der Waals surface area contributed by atoms with Gasteiger partial charge in [-0.05, 0) is 48.7 Å². The smallest absolute Gasteiger partial charge is 0.161 e. The van der Waals surface area contributed by atoms with Gasteiger partial charge in [-0.3, -0.25) is 0 Å². The molecule has 2 aromatic carbocycles. The normalized spacial score (nSPS) is 15.7. The van der Waals surface area contributed by atoms with Crippen LogP contribution in [0.15, 0.2) is 73.5 Å². The van der Waals surface area contributed by atoms with Gasteiger partial charge in [0.2, 0.25) is 0 Å². The Labute approximate surface area is 178 Å². The lowest BCUT2D eigenvalue weighted by atomic mass is 9.93. The van der Waals surface area contributed by atoms with Gasteiger partial charge in [-0.2, -0.15) is 0 Å². The van der Waals surface area contributed by atoms with E-state index in [1.54, 1.807) is 13.0 Å². The maximum atomic E-state index is 7.57. The molecule has 3 N–H and O–H groups in total. The molecule has 1 unspecified atom stereocenters. The van der Waals surface area contributed by atoms with E-state index >= 15 is 0 Å². The molecule has 4 rings (SSSR count). The summed E-state index contributed by atoms with van der Waals surface area (Å²) in [5, 5.41) is 12.4. The zero-order valence-corrected chi connectivity index (χ0v) is 17.4. The van der Waals surface area contributed by atoms with Crippen molar-refractivity contribution >= 4 is 16.5 Å². The zero-order chi connectivity index (χ0) is 21.2. The molecule has 1 aliphatic heterocycles. The molecule has 5 nitrogen and oxygen atoms in total. The summed E-state index contributed by atoms with van der Waals surface area (Å²) in [4.78, 5) is 3.29. The molecule has 0 fully saturated rings. The van der Waals surface area contributed by atoms with E-state index in [0.717, 1.165) is 24.5 Å². The third-order valence-corrected chi connectivity index (χ3v) is 4.81. The summed E-state index contributed by atoms with van der Waals surface area (Å²) in [6, 6.07) is 16.6. The van der Waals surface area contributed by atoms with Gasteiger partial charge in [0.1, 0.15) is 13.2 Å². The average molecular weight is 407 g/mol. The molecule has 1 aromatic heterocycles. The van der Waals surface area contributed by atoms with Gasteiger partial charge < -0.3 is 24.9 Å². The molecule has 5 heteroatoms. The van der Waals surface area contributed by atoms with Crippen molar-refractivity contribution in [3.63, 3.8) is 0 Å². The Hall–Kier alpha value is -3.02. The minimum Gasteiger partial charge on any atom is -0.488 e. The second-order valence-corrected chi connectivity index (χ2v) is 6.96. The molecule has 3 aromatic rings. The SMILES string of the molecule is C=CCOc1ccccc1OCC1CC(c2cccc3[nH]ccc23)=CCN1.CCO. The van der Waals surface area contributed by atoms with E-state index in [2.05, 4.69) is 47.2 Å². The number of benzene rings is 2. The van der Waals surface area contributed by atoms with E-state index in [4.69, 9.17) is 14.6 Å². The van der Waals surface area contributed by atoms with Crippen molar-refractivity contribution in [2.24, 2.45) is 0 Å². The highest BCUT2D eigenvalue weighted by Gasteiger charge is 2.19. The number of hydrogen-bond donors (Lipinski definition) is 3. The topological polar surface area (TPSA) is 66.5 Å². The Bertz CT molecular complexity index is 977. The van der Waals surface area contributed by atoms with E-state index in [-0.39, 0.29) is 12.6 Å². The summed E-state index contributed by atoms with van der Waals surface area (Å²) in [7, 11) is 0. The molecule has 0 radical (unpaired) electrons. The molecule has 0 saturated carbocycles. The van der Waals surface area contributed by atoms with Gasteiger partial charge in [0.05, 0.1) is 0 Å². The van der Waals surface area contributed by atoms with Crippen LogP contribution in [0.3, 0.4) is 0 Å². The van der Waals surface area contributed by atoms with Crippen molar-refractivity contribution in [2.45, 2.75) is 19.4 Å². The van der Waals surface area contributed by atoms with E-state index in [1.807, 2.05) is 30.5 Å². The number of hydrogen-bond acceptors (Lipinski definition) is 4. The van der Waals surface area contributed by atoms with Crippen LogP contribution in [0, 0.1) is 0 Å². The van der Waals surface area contributed by atoms with Gasteiger partial charge in [0.25, 0.3) is 0 Å². The summed E-state index contributed by atoms with van der Waals surface area (Å²) in [5.41, 5.74) is 3.84. The van der Waals surface area contributed by atoms with E-state index < -0.39 is 0 Å². The standard InChI is InChI=1S/C23H24N2O2.C2H6O/c1-2-14-26-22-8-3-4-9-23(22)27-16-18-15-17(10-12-24-18)19-6-5-7-21-20(19)11-13-25-21;1-2-3/h2-11,13,18,24-25H,1,12,14-16H2;3H,2H2,1H3. The first kappa shape index (κ1) is 21.7. The number of rotatable bonds is 7. The zero-order valence-electron chi connectivity index (χ0n) is 17.4. The fraction of sp³-hybridized carbons (Fsp3) is 0.280. The summed E-state index contributed by atoms with van der Waals surface area (Å²) in [6.07, 6.45) is 6.94. The van der Waals surface area contributed by atoms with E-state index in [1.165, 1.54) is 22.0 Å². The molecule has 0 bridgehead atoms. The second kappa shape index (κ2) is 11.2. The predicted molar refractivity (Wildman–Crippen MR) is 123 cm³/mol.